The van der Waals surface area contributed by atoms with Gasteiger partial charge in [-0.2, -0.15) is 0 Å². The Kier molecular flexibility index (Phi) is 14.0. The van der Waals surface area contributed by atoms with E-state index in [1.165, 1.54) is 0 Å². The molecule has 0 heterocycles. The Labute approximate surface area is 257 Å². The minimum Gasteiger partial charge on any atom is -0.491 e. The molecule has 8 heteroatoms. The number of hydrogen-bond acceptors (Lipinski definition) is 8. The standard InChI is InChI=1S/C35H48O8/c1-23(2)33(36)42-27(7)21-38-25(5)19-40-31-15-11-29(12-16-31)35(9,10)30-13-17-32(18-14-30)41-20-26(6)39-22-28(8)43-34(37)24(3)4/h11-18,25-28H,1,3,19-22H2,2,4-10H3. The predicted molar refractivity (Wildman–Crippen MR) is 168 cm³/mol. The summed E-state index contributed by atoms with van der Waals surface area (Å²) in [6.07, 6.45) is -1.09. The summed E-state index contributed by atoms with van der Waals surface area (Å²) >= 11 is 0. The van der Waals surface area contributed by atoms with E-state index in [-0.39, 0.29) is 43.0 Å². The Balaban J connectivity index is 1.81. The number of hydrogen-bond donors (Lipinski definition) is 0. The number of carbonyl (C=O) groups is 2. The lowest BCUT2D eigenvalue weighted by Crippen LogP contribution is -2.26. The third-order valence-corrected chi connectivity index (χ3v) is 6.67. The van der Waals surface area contributed by atoms with Crippen LogP contribution < -0.4 is 9.47 Å². The lowest BCUT2D eigenvalue weighted by atomic mass is 9.78. The van der Waals surface area contributed by atoms with Crippen molar-refractivity contribution < 1.29 is 38.0 Å². The molecule has 0 saturated carbocycles. The molecular weight excluding hydrogens is 548 g/mol. The van der Waals surface area contributed by atoms with Crippen LogP contribution in [0.25, 0.3) is 0 Å². The lowest BCUT2D eigenvalue weighted by Gasteiger charge is -2.27. The molecule has 0 amide bonds. The summed E-state index contributed by atoms with van der Waals surface area (Å²) in [6, 6.07) is 16.1. The molecule has 8 nitrogen and oxygen atoms in total. The molecule has 2 rings (SSSR count). The lowest BCUT2D eigenvalue weighted by molar-refractivity contribution is -0.148. The molecule has 0 aromatic heterocycles. The Bertz CT molecular complexity index is 1110. The zero-order chi connectivity index (χ0) is 32.2. The van der Waals surface area contributed by atoms with Crippen LogP contribution >= 0.6 is 0 Å². The summed E-state index contributed by atoms with van der Waals surface area (Å²) < 4.78 is 33.8. The highest BCUT2D eigenvalue weighted by molar-refractivity contribution is 5.87. The minimum atomic E-state index is -0.421. The van der Waals surface area contributed by atoms with E-state index >= 15 is 0 Å². The first kappa shape index (κ1) is 35.6. The van der Waals surface area contributed by atoms with Crippen LogP contribution in [-0.2, 0) is 34.0 Å². The van der Waals surface area contributed by atoms with E-state index in [0.29, 0.717) is 24.4 Å². The van der Waals surface area contributed by atoms with Crippen LogP contribution in [0.3, 0.4) is 0 Å². The maximum absolute atomic E-state index is 11.6. The summed E-state index contributed by atoms with van der Waals surface area (Å²) in [5, 5.41) is 0. The van der Waals surface area contributed by atoms with E-state index in [9.17, 15) is 9.59 Å². The van der Waals surface area contributed by atoms with Gasteiger partial charge in [0.05, 0.1) is 25.4 Å². The van der Waals surface area contributed by atoms with Gasteiger partial charge >= 0.3 is 11.9 Å². The van der Waals surface area contributed by atoms with Crippen LogP contribution in [0.2, 0.25) is 0 Å². The summed E-state index contributed by atoms with van der Waals surface area (Å²) in [6.45, 7) is 23.4. The van der Waals surface area contributed by atoms with Crippen LogP contribution in [0.1, 0.15) is 66.5 Å². The normalized spacial score (nSPS) is 14.1. The summed E-state index contributed by atoms with van der Waals surface area (Å²) in [4.78, 5) is 23.2. The Morgan fingerprint density at radius 3 is 1.23 bits per heavy atom. The second-order valence-electron chi connectivity index (χ2n) is 11.6. The van der Waals surface area contributed by atoms with Crippen molar-refractivity contribution in [2.75, 3.05) is 26.4 Å². The first-order valence-corrected chi connectivity index (χ1v) is 14.6. The van der Waals surface area contributed by atoms with E-state index in [1.807, 2.05) is 38.1 Å². The van der Waals surface area contributed by atoms with Crippen molar-refractivity contribution in [2.45, 2.75) is 85.2 Å². The number of benzene rings is 2. The highest BCUT2D eigenvalue weighted by atomic mass is 16.6. The molecule has 4 atom stereocenters. The second kappa shape index (κ2) is 16.9. The number of carbonyl (C=O) groups excluding carboxylic acids is 2. The van der Waals surface area contributed by atoms with Gasteiger partial charge in [-0.1, -0.05) is 51.3 Å². The highest BCUT2D eigenvalue weighted by Crippen LogP contribution is 2.33. The first-order chi connectivity index (χ1) is 20.2. The molecule has 0 N–H and O–H groups in total. The predicted octanol–water partition coefficient (Wildman–Crippen LogP) is 6.60. The maximum atomic E-state index is 11.6. The molecule has 4 unspecified atom stereocenters. The van der Waals surface area contributed by atoms with Gasteiger partial charge in [-0.3, -0.25) is 0 Å². The smallest absolute Gasteiger partial charge is 0.333 e. The molecular formula is C35H48O8. The molecule has 2 aromatic carbocycles. The van der Waals surface area contributed by atoms with E-state index in [4.69, 9.17) is 28.4 Å². The van der Waals surface area contributed by atoms with Gasteiger partial charge < -0.3 is 28.4 Å². The molecule has 0 radical (unpaired) electrons. The zero-order valence-electron chi connectivity index (χ0n) is 26.9. The van der Waals surface area contributed by atoms with Gasteiger partial charge in [0.15, 0.2) is 0 Å². The molecule has 0 aliphatic carbocycles. The number of rotatable bonds is 18. The molecule has 0 aliphatic heterocycles. The van der Waals surface area contributed by atoms with E-state index in [0.717, 1.165) is 22.6 Å². The Morgan fingerprint density at radius 1 is 0.605 bits per heavy atom. The molecule has 0 spiro atoms. The molecule has 0 bridgehead atoms. The summed E-state index contributed by atoms with van der Waals surface area (Å²) in [5.74, 6) is 0.659. The molecule has 2 aromatic rings. The summed E-state index contributed by atoms with van der Waals surface area (Å²) in [7, 11) is 0. The van der Waals surface area contributed by atoms with Gasteiger partial charge in [-0.25, -0.2) is 9.59 Å². The van der Waals surface area contributed by atoms with Crippen molar-refractivity contribution in [2.24, 2.45) is 0 Å². The zero-order valence-corrected chi connectivity index (χ0v) is 26.9. The van der Waals surface area contributed by atoms with Gasteiger partial charge in [0.1, 0.15) is 36.9 Å². The number of esters is 2. The van der Waals surface area contributed by atoms with E-state index < -0.39 is 11.9 Å². The minimum absolute atomic E-state index is 0.174. The molecule has 236 valence electrons. The van der Waals surface area contributed by atoms with Crippen molar-refractivity contribution in [1.82, 2.24) is 0 Å². The van der Waals surface area contributed by atoms with Crippen molar-refractivity contribution in [3.05, 3.63) is 84.0 Å². The molecule has 43 heavy (non-hydrogen) atoms. The van der Waals surface area contributed by atoms with E-state index in [2.05, 4.69) is 51.3 Å². The van der Waals surface area contributed by atoms with Gasteiger partial charge in [0, 0.05) is 16.6 Å². The van der Waals surface area contributed by atoms with Crippen molar-refractivity contribution in [1.29, 1.82) is 0 Å². The Morgan fingerprint density at radius 2 is 0.930 bits per heavy atom. The largest absolute Gasteiger partial charge is 0.491 e. The van der Waals surface area contributed by atoms with Crippen molar-refractivity contribution in [3.8, 4) is 11.5 Å². The second-order valence-corrected chi connectivity index (χ2v) is 11.6. The third kappa shape index (κ3) is 12.3. The molecule has 0 fully saturated rings. The van der Waals surface area contributed by atoms with Gasteiger partial charge in [0.2, 0.25) is 0 Å². The first-order valence-electron chi connectivity index (χ1n) is 14.6. The molecule has 0 saturated heterocycles. The Hall–Kier alpha value is -3.62. The van der Waals surface area contributed by atoms with Crippen LogP contribution in [0.15, 0.2) is 72.8 Å². The van der Waals surface area contributed by atoms with Crippen LogP contribution in [0.4, 0.5) is 0 Å². The van der Waals surface area contributed by atoms with Crippen LogP contribution in [0.5, 0.6) is 11.5 Å². The monoisotopic (exact) mass is 596 g/mol. The fraction of sp³-hybridized carbons (Fsp3) is 0.486. The van der Waals surface area contributed by atoms with Gasteiger partial charge in [-0.15, -0.1) is 0 Å². The average molecular weight is 597 g/mol. The highest BCUT2D eigenvalue weighted by Gasteiger charge is 2.23. The SMILES string of the molecule is C=C(C)C(=O)OC(C)COC(C)COc1ccc(C(C)(C)c2ccc(OCC(C)OCC(C)OC(=O)C(=C)C)cc2)cc1. The van der Waals surface area contributed by atoms with Crippen LogP contribution in [0, 0.1) is 0 Å². The van der Waals surface area contributed by atoms with Crippen LogP contribution in [-0.4, -0.2) is 62.8 Å². The fourth-order valence-corrected chi connectivity index (χ4v) is 3.86. The number of ether oxygens (including phenoxy) is 6. The third-order valence-electron chi connectivity index (χ3n) is 6.67. The van der Waals surface area contributed by atoms with E-state index in [1.54, 1.807) is 27.7 Å². The van der Waals surface area contributed by atoms with Gasteiger partial charge in [-0.05, 0) is 76.9 Å². The molecule has 0 aliphatic rings. The quantitative estimate of drug-likeness (QED) is 0.141. The average Bonchev–Trinajstić information content (AvgIpc) is 2.97. The van der Waals surface area contributed by atoms with Crippen molar-refractivity contribution >= 4 is 11.9 Å². The topological polar surface area (TPSA) is 89.5 Å². The fourth-order valence-electron chi connectivity index (χ4n) is 3.86. The van der Waals surface area contributed by atoms with Gasteiger partial charge in [0.25, 0.3) is 0 Å². The van der Waals surface area contributed by atoms with Crippen molar-refractivity contribution in [3.63, 3.8) is 0 Å². The maximum Gasteiger partial charge on any atom is 0.333 e. The summed E-state index contributed by atoms with van der Waals surface area (Å²) in [5.41, 5.74) is 2.78.